The zero-order valence-electron chi connectivity index (χ0n) is 25.4. The van der Waals surface area contributed by atoms with Crippen LogP contribution in [0.2, 0.25) is 10.0 Å². The molecule has 3 amide bonds. The van der Waals surface area contributed by atoms with Crippen LogP contribution in [-0.2, 0) is 23.2 Å². The summed E-state index contributed by atoms with van der Waals surface area (Å²) in [6, 6.07) is 25.6. The monoisotopic (exact) mass is 655 g/mol. The molecule has 0 radical (unpaired) electrons. The topological polar surface area (TPSA) is 106 Å². The fourth-order valence-electron chi connectivity index (χ4n) is 4.81. The first kappa shape index (κ1) is 32.3. The van der Waals surface area contributed by atoms with Crippen LogP contribution in [0.5, 0.6) is 5.75 Å². The number of likely N-dealkylation sites (N-methyl/N-ethyl adjacent to an activating group) is 1. The Kier molecular flexibility index (Phi) is 10.0. The summed E-state index contributed by atoms with van der Waals surface area (Å²) in [5.74, 6) is 0.336. The van der Waals surface area contributed by atoms with Crippen LogP contribution in [0.1, 0.15) is 21.5 Å². The van der Waals surface area contributed by atoms with Crippen molar-refractivity contribution >= 4 is 63.7 Å². The molecule has 5 aromatic rings. The highest BCUT2D eigenvalue weighted by Gasteiger charge is 2.20. The molecule has 4 aromatic carbocycles. The summed E-state index contributed by atoms with van der Waals surface area (Å²) in [6.07, 6.45) is 2.91. The molecule has 0 saturated heterocycles. The number of rotatable bonds is 10. The van der Waals surface area contributed by atoms with E-state index >= 15 is 0 Å². The van der Waals surface area contributed by atoms with Crippen molar-refractivity contribution < 1.29 is 19.1 Å². The van der Waals surface area contributed by atoms with Gasteiger partial charge in [-0.25, -0.2) is 4.98 Å². The van der Waals surface area contributed by atoms with Gasteiger partial charge in [-0.05, 0) is 48.0 Å². The number of nitrogens with zero attached hydrogens (tertiary/aromatic N) is 3. The number of para-hydroxylation sites is 1. The molecule has 0 aliphatic carbocycles. The highest BCUT2D eigenvalue weighted by Crippen LogP contribution is 2.36. The van der Waals surface area contributed by atoms with E-state index in [1.165, 1.54) is 11.0 Å². The lowest BCUT2D eigenvalue weighted by Gasteiger charge is -2.21. The van der Waals surface area contributed by atoms with Crippen molar-refractivity contribution in [2.45, 2.75) is 6.61 Å². The van der Waals surface area contributed by atoms with Crippen molar-refractivity contribution in [3.8, 4) is 17.1 Å². The molecule has 0 atom stereocenters. The minimum Gasteiger partial charge on any atom is -0.486 e. The highest BCUT2D eigenvalue weighted by molar-refractivity contribution is 6.38. The van der Waals surface area contributed by atoms with Crippen molar-refractivity contribution in [1.29, 1.82) is 0 Å². The maximum Gasteiger partial charge on any atom is 0.251 e. The lowest BCUT2D eigenvalue weighted by Crippen LogP contribution is -2.37. The number of anilines is 1. The molecule has 0 saturated carbocycles. The number of aromatic nitrogens is 2. The molecule has 9 nitrogen and oxygen atoms in total. The molecule has 0 aliphatic rings. The van der Waals surface area contributed by atoms with Crippen LogP contribution < -0.4 is 20.3 Å². The summed E-state index contributed by atoms with van der Waals surface area (Å²) in [4.78, 5) is 43.3. The van der Waals surface area contributed by atoms with Gasteiger partial charge in [0.1, 0.15) is 23.7 Å². The van der Waals surface area contributed by atoms with E-state index in [4.69, 9.17) is 32.9 Å². The highest BCUT2D eigenvalue weighted by atomic mass is 35.5. The first-order valence-electron chi connectivity index (χ1n) is 14.3. The number of ether oxygens (including phenoxy) is 1. The van der Waals surface area contributed by atoms with Crippen molar-refractivity contribution in [3.05, 3.63) is 118 Å². The quantitative estimate of drug-likeness (QED) is 0.172. The standard InChI is InChI=1S/C35H31Cl2N5O4/c1-38-35(45)24-15-12-22(13-16-24)14-19-30(43)39-20-31(44)41(2)27-18-17-26(36)25(32(27)37)21-46-29-11-7-10-28-33(29)40-34(42(28)3)23-8-5-4-6-9-23/h4-19H,20-21H2,1-3H3,(H,38,45)(H,39,43). The van der Waals surface area contributed by atoms with E-state index in [-0.39, 0.29) is 30.0 Å². The smallest absolute Gasteiger partial charge is 0.251 e. The predicted octanol–water partition coefficient (Wildman–Crippen LogP) is 6.28. The number of carbonyl (C=O) groups is 3. The second-order valence-electron chi connectivity index (χ2n) is 10.3. The van der Waals surface area contributed by atoms with Gasteiger partial charge in [-0.15, -0.1) is 0 Å². The predicted molar refractivity (Wildman–Crippen MR) is 182 cm³/mol. The molecule has 0 unspecified atom stereocenters. The van der Waals surface area contributed by atoms with Crippen molar-refractivity contribution in [3.63, 3.8) is 0 Å². The van der Waals surface area contributed by atoms with E-state index in [1.807, 2.05) is 60.1 Å². The Morgan fingerprint density at radius 1 is 0.957 bits per heavy atom. The summed E-state index contributed by atoms with van der Waals surface area (Å²) in [5.41, 5.74) is 4.75. The average Bonchev–Trinajstić information content (AvgIpc) is 3.42. The van der Waals surface area contributed by atoms with Crippen LogP contribution in [0.3, 0.4) is 0 Å². The Morgan fingerprint density at radius 3 is 2.41 bits per heavy atom. The number of halogens is 2. The number of hydrogen-bond acceptors (Lipinski definition) is 5. The third-order valence-corrected chi connectivity index (χ3v) is 8.20. The molecular weight excluding hydrogens is 625 g/mol. The van der Waals surface area contributed by atoms with Crippen LogP contribution in [0.4, 0.5) is 5.69 Å². The summed E-state index contributed by atoms with van der Waals surface area (Å²) < 4.78 is 8.21. The molecular formula is C35H31Cl2N5O4. The van der Waals surface area contributed by atoms with E-state index < -0.39 is 5.91 Å². The number of carbonyl (C=O) groups excluding carboxylic acids is 3. The molecule has 11 heteroatoms. The van der Waals surface area contributed by atoms with Gasteiger partial charge < -0.3 is 24.8 Å². The van der Waals surface area contributed by atoms with Gasteiger partial charge in [0.05, 0.1) is 22.8 Å². The third-order valence-electron chi connectivity index (χ3n) is 7.42. The number of amides is 3. The van der Waals surface area contributed by atoms with Crippen LogP contribution in [-0.4, -0.2) is 47.9 Å². The average molecular weight is 657 g/mol. The molecule has 1 aromatic heterocycles. The lowest BCUT2D eigenvalue weighted by molar-refractivity contribution is -0.122. The van der Waals surface area contributed by atoms with E-state index in [2.05, 4.69) is 10.6 Å². The van der Waals surface area contributed by atoms with Crippen LogP contribution in [0.15, 0.2) is 91.0 Å². The maximum absolute atomic E-state index is 13.0. The Balaban J connectivity index is 1.24. The first-order chi connectivity index (χ1) is 22.2. The van der Waals surface area contributed by atoms with E-state index in [1.54, 1.807) is 56.6 Å². The Hall–Kier alpha value is -5.12. The normalized spacial score (nSPS) is 11.1. The Bertz CT molecular complexity index is 1940. The molecule has 1 heterocycles. The van der Waals surface area contributed by atoms with Gasteiger partial charge in [0, 0.05) is 48.9 Å². The largest absolute Gasteiger partial charge is 0.486 e. The van der Waals surface area contributed by atoms with Gasteiger partial charge in [-0.2, -0.15) is 0 Å². The zero-order chi connectivity index (χ0) is 32.8. The van der Waals surface area contributed by atoms with Gasteiger partial charge in [0.15, 0.2) is 0 Å². The van der Waals surface area contributed by atoms with Crippen LogP contribution >= 0.6 is 23.2 Å². The van der Waals surface area contributed by atoms with Gasteiger partial charge in [-0.1, -0.05) is 71.7 Å². The number of benzene rings is 4. The molecule has 2 N–H and O–H groups in total. The molecule has 234 valence electrons. The van der Waals surface area contributed by atoms with Gasteiger partial charge in [-0.3, -0.25) is 14.4 Å². The molecule has 5 rings (SSSR count). The van der Waals surface area contributed by atoms with Crippen molar-refractivity contribution in [1.82, 2.24) is 20.2 Å². The molecule has 0 spiro atoms. The third kappa shape index (κ3) is 7.06. The zero-order valence-corrected chi connectivity index (χ0v) is 26.9. The SMILES string of the molecule is CNC(=O)c1ccc(C=CC(=O)NCC(=O)N(C)c2ccc(Cl)c(COc3cccc4c3nc(-c3ccccc3)n4C)c2Cl)cc1. The number of fused-ring (bicyclic) bond motifs is 1. The first-order valence-corrected chi connectivity index (χ1v) is 15.1. The van der Waals surface area contributed by atoms with E-state index in [0.717, 1.165) is 22.5 Å². The van der Waals surface area contributed by atoms with Gasteiger partial charge in [0.25, 0.3) is 5.91 Å². The molecule has 0 bridgehead atoms. The molecule has 0 aliphatic heterocycles. The number of imidazole rings is 1. The van der Waals surface area contributed by atoms with E-state index in [9.17, 15) is 14.4 Å². The van der Waals surface area contributed by atoms with Crippen LogP contribution in [0.25, 0.3) is 28.5 Å². The van der Waals surface area contributed by atoms with Crippen molar-refractivity contribution in [2.24, 2.45) is 7.05 Å². The Morgan fingerprint density at radius 2 is 1.70 bits per heavy atom. The fourth-order valence-corrected chi connectivity index (χ4v) is 5.42. The number of aryl methyl sites for hydroxylation is 1. The van der Waals surface area contributed by atoms with E-state index in [0.29, 0.717) is 33.1 Å². The summed E-state index contributed by atoms with van der Waals surface area (Å²) in [5, 5.41) is 5.78. The summed E-state index contributed by atoms with van der Waals surface area (Å²) in [6.45, 7) is -0.221. The summed E-state index contributed by atoms with van der Waals surface area (Å²) >= 11 is 13.3. The molecule has 0 fully saturated rings. The van der Waals surface area contributed by atoms with Gasteiger partial charge in [0.2, 0.25) is 11.8 Å². The summed E-state index contributed by atoms with van der Waals surface area (Å²) in [7, 11) is 5.08. The van der Waals surface area contributed by atoms with Crippen molar-refractivity contribution in [2.75, 3.05) is 25.5 Å². The minimum atomic E-state index is -0.451. The lowest BCUT2D eigenvalue weighted by atomic mass is 10.1. The maximum atomic E-state index is 13.0. The minimum absolute atomic E-state index is 0.0372. The number of nitrogens with one attached hydrogen (secondary N) is 2. The van der Waals surface area contributed by atoms with Crippen LogP contribution in [0, 0.1) is 0 Å². The second-order valence-corrected chi connectivity index (χ2v) is 11.1. The number of hydrogen-bond donors (Lipinski definition) is 2. The second kappa shape index (κ2) is 14.3. The molecule has 46 heavy (non-hydrogen) atoms. The Labute approximate surface area is 276 Å². The van der Waals surface area contributed by atoms with Gasteiger partial charge >= 0.3 is 0 Å². The fraction of sp³-hybridized carbons (Fsp3) is 0.143.